The van der Waals surface area contributed by atoms with E-state index in [1.165, 1.54) is 60.9 Å². The molecule has 38 heavy (non-hydrogen) atoms. The van der Waals surface area contributed by atoms with Gasteiger partial charge in [0.1, 0.15) is 0 Å². The minimum atomic E-state index is 1.04. The first-order valence-electron chi connectivity index (χ1n) is 14.5. The minimum Gasteiger partial charge on any atom is -0.378 e. The SMILES string of the molecule is CC.CC.CC.CC.CN(C)c1ccc2c3cc(-c4ccc5c(c4)-c4ccccc4C5)ccc3n(C)c2c1. The Labute approximate surface area is 231 Å². The molecule has 0 radical (unpaired) electrons. The summed E-state index contributed by atoms with van der Waals surface area (Å²) in [6, 6.07) is 29.4. The fourth-order valence-corrected chi connectivity index (χ4v) is 4.96. The summed E-state index contributed by atoms with van der Waals surface area (Å²) in [5, 5.41) is 2.63. The summed E-state index contributed by atoms with van der Waals surface area (Å²) >= 11 is 0. The van der Waals surface area contributed by atoms with Gasteiger partial charge in [-0.2, -0.15) is 0 Å². The van der Waals surface area contributed by atoms with Crippen molar-refractivity contribution in [3.63, 3.8) is 0 Å². The normalized spacial score (nSPS) is 10.4. The van der Waals surface area contributed by atoms with Crippen LogP contribution in [-0.4, -0.2) is 18.7 Å². The molecular formula is C36H48N2. The maximum absolute atomic E-state index is 2.37. The minimum absolute atomic E-state index is 1.04. The second-order valence-electron chi connectivity index (χ2n) is 8.59. The van der Waals surface area contributed by atoms with Gasteiger partial charge in [-0.3, -0.25) is 0 Å². The fourth-order valence-electron chi connectivity index (χ4n) is 4.96. The number of aromatic nitrogens is 1. The number of nitrogens with zero attached hydrogens (tertiary/aromatic N) is 2. The second kappa shape index (κ2) is 14.4. The van der Waals surface area contributed by atoms with E-state index in [2.05, 4.69) is 109 Å². The van der Waals surface area contributed by atoms with Gasteiger partial charge in [-0.25, -0.2) is 0 Å². The molecule has 0 aliphatic heterocycles. The van der Waals surface area contributed by atoms with Crippen LogP contribution in [0.3, 0.4) is 0 Å². The Hall–Kier alpha value is -3.52. The lowest BCUT2D eigenvalue weighted by molar-refractivity contribution is 1.01. The Kier molecular flexibility index (Phi) is 11.7. The molecule has 4 aromatic carbocycles. The summed E-state index contributed by atoms with van der Waals surface area (Å²) in [5.41, 5.74) is 12.0. The van der Waals surface area contributed by atoms with Crippen LogP contribution in [0.1, 0.15) is 66.5 Å². The van der Waals surface area contributed by atoms with Crippen LogP contribution in [0.25, 0.3) is 44.1 Å². The summed E-state index contributed by atoms with van der Waals surface area (Å²) in [7, 11) is 6.35. The molecule has 0 N–H and O–H groups in total. The first-order chi connectivity index (χ1) is 18.6. The zero-order valence-corrected chi connectivity index (χ0v) is 25.6. The van der Waals surface area contributed by atoms with Crippen molar-refractivity contribution < 1.29 is 0 Å². The highest BCUT2D eigenvalue weighted by Crippen LogP contribution is 2.40. The number of fused-ring (bicyclic) bond motifs is 6. The third-order valence-corrected chi connectivity index (χ3v) is 6.64. The Morgan fingerprint density at radius 2 is 1.16 bits per heavy atom. The van der Waals surface area contributed by atoms with E-state index < -0.39 is 0 Å². The molecule has 1 aliphatic rings. The Bertz CT molecular complexity index is 1450. The maximum Gasteiger partial charge on any atom is 0.0509 e. The molecule has 0 bridgehead atoms. The molecule has 1 heterocycles. The Morgan fingerprint density at radius 3 is 1.84 bits per heavy atom. The monoisotopic (exact) mass is 508 g/mol. The smallest absolute Gasteiger partial charge is 0.0509 e. The molecule has 2 heteroatoms. The molecule has 2 nitrogen and oxygen atoms in total. The predicted molar refractivity (Wildman–Crippen MR) is 174 cm³/mol. The molecule has 202 valence electrons. The van der Waals surface area contributed by atoms with Crippen molar-refractivity contribution in [2.75, 3.05) is 19.0 Å². The predicted octanol–water partition coefficient (Wildman–Crippen LogP) is 10.7. The number of aryl methyl sites for hydroxylation is 1. The quantitative estimate of drug-likeness (QED) is 0.226. The van der Waals surface area contributed by atoms with Crippen LogP contribution in [0.5, 0.6) is 0 Å². The number of hydrogen-bond acceptors (Lipinski definition) is 1. The van der Waals surface area contributed by atoms with Gasteiger partial charge in [0.2, 0.25) is 0 Å². The average molecular weight is 509 g/mol. The van der Waals surface area contributed by atoms with Crippen LogP contribution in [0, 0.1) is 0 Å². The summed E-state index contributed by atoms with van der Waals surface area (Å²) in [4.78, 5) is 2.16. The highest BCUT2D eigenvalue weighted by molar-refractivity contribution is 6.10. The van der Waals surface area contributed by atoms with Gasteiger partial charge in [-0.1, -0.05) is 104 Å². The van der Waals surface area contributed by atoms with Crippen molar-refractivity contribution >= 4 is 27.5 Å². The highest BCUT2D eigenvalue weighted by Gasteiger charge is 2.18. The van der Waals surface area contributed by atoms with Crippen LogP contribution in [0.4, 0.5) is 5.69 Å². The van der Waals surface area contributed by atoms with Crippen molar-refractivity contribution in [3.8, 4) is 22.3 Å². The third-order valence-electron chi connectivity index (χ3n) is 6.64. The molecule has 1 aromatic heterocycles. The standard InChI is InChI=1S/C28H24N2.4C2H6/c1-29(2)22-11-12-24-26-16-19(10-13-27(26)30(3)28(24)17-22)18-8-9-21-14-20-6-4-5-7-23(20)25(21)15-18;4*1-2/h4-13,15-17H,14H2,1-3H3;4*1-2H3. The molecule has 0 unspecified atom stereocenters. The molecule has 5 aromatic rings. The van der Waals surface area contributed by atoms with E-state index in [1.807, 2.05) is 55.4 Å². The zero-order valence-electron chi connectivity index (χ0n) is 25.6. The van der Waals surface area contributed by atoms with Crippen molar-refractivity contribution in [2.45, 2.75) is 61.8 Å². The highest BCUT2D eigenvalue weighted by atomic mass is 15.1. The number of hydrogen-bond donors (Lipinski definition) is 0. The van der Waals surface area contributed by atoms with Crippen LogP contribution >= 0.6 is 0 Å². The molecule has 0 saturated heterocycles. The molecule has 0 saturated carbocycles. The summed E-state index contributed by atoms with van der Waals surface area (Å²) in [6.45, 7) is 16.0. The maximum atomic E-state index is 2.37. The van der Waals surface area contributed by atoms with Crippen LogP contribution in [0.15, 0.2) is 78.9 Å². The lowest BCUT2D eigenvalue weighted by Gasteiger charge is -2.12. The van der Waals surface area contributed by atoms with E-state index >= 15 is 0 Å². The van der Waals surface area contributed by atoms with E-state index in [9.17, 15) is 0 Å². The molecule has 0 spiro atoms. The Balaban J connectivity index is 0.000000583. The molecular weight excluding hydrogens is 460 g/mol. The first kappa shape index (κ1) is 30.7. The van der Waals surface area contributed by atoms with Crippen molar-refractivity contribution in [2.24, 2.45) is 7.05 Å². The van der Waals surface area contributed by atoms with Gasteiger partial charge in [0, 0.05) is 43.1 Å². The first-order valence-corrected chi connectivity index (χ1v) is 14.5. The van der Waals surface area contributed by atoms with Crippen molar-refractivity contribution in [3.05, 3.63) is 90.0 Å². The van der Waals surface area contributed by atoms with Gasteiger partial charge in [-0.15, -0.1) is 0 Å². The fraction of sp³-hybridized carbons (Fsp3) is 0.333. The van der Waals surface area contributed by atoms with E-state index in [-0.39, 0.29) is 0 Å². The van der Waals surface area contributed by atoms with E-state index in [4.69, 9.17) is 0 Å². The van der Waals surface area contributed by atoms with E-state index in [0.29, 0.717) is 0 Å². The average Bonchev–Trinajstić information content (AvgIpc) is 3.51. The van der Waals surface area contributed by atoms with Crippen LogP contribution in [-0.2, 0) is 13.5 Å². The molecule has 1 aliphatic carbocycles. The lowest BCUT2D eigenvalue weighted by atomic mass is 9.97. The lowest BCUT2D eigenvalue weighted by Crippen LogP contribution is -2.08. The molecule has 0 amide bonds. The number of benzene rings is 4. The largest absolute Gasteiger partial charge is 0.378 e. The summed E-state index contributed by atoms with van der Waals surface area (Å²) in [6.07, 6.45) is 1.04. The van der Waals surface area contributed by atoms with Gasteiger partial charge >= 0.3 is 0 Å². The number of rotatable bonds is 2. The van der Waals surface area contributed by atoms with Crippen molar-refractivity contribution in [1.29, 1.82) is 0 Å². The van der Waals surface area contributed by atoms with Gasteiger partial charge in [0.05, 0.1) is 5.52 Å². The van der Waals surface area contributed by atoms with Gasteiger partial charge in [0.25, 0.3) is 0 Å². The number of anilines is 1. The topological polar surface area (TPSA) is 8.17 Å². The Morgan fingerprint density at radius 1 is 0.553 bits per heavy atom. The van der Waals surface area contributed by atoms with Crippen molar-refractivity contribution in [1.82, 2.24) is 4.57 Å². The summed E-state index contributed by atoms with van der Waals surface area (Å²) in [5.74, 6) is 0. The van der Waals surface area contributed by atoms with E-state index in [1.54, 1.807) is 0 Å². The third kappa shape index (κ3) is 5.80. The van der Waals surface area contributed by atoms with Crippen LogP contribution < -0.4 is 4.90 Å². The second-order valence-corrected chi connectivity index (χ2v) is 8.59. The van der Waals surface area contributed by atoms with Gasteiger partial charge < -0.3 is 9.47 Å². The molecule has 0 atom stereocenters. The van der Waals surface area contributed by atoms with Gasteiger partial charge in [0.15, 0.2) is 0 Å². The van der Waals surface area contributed by atoms with Crippen LogP contribution in [0.2, 0.25) is 0 Å². The zero-order chi connectivity index (χ0) is 28.4. The van der Waals surface area contributed by atoms with Gasteiger partial charge in [-0.05, 0) is 70.1 Å². The molecule has 6 rings (SSSR count). The molecule has 0 fully saturated rings. The summed E-state index contributed by atoms with van der Waals surface area (Å²) < 4.78 is 2.31. The van der Waals surface area contributed by atoms with E-state index in [0.717, 1.165) is 6.42 Å².